The number of para-hydroxylation sites is 1. The summed E-state index contributed by atoms with van der Waals surface area (Å²) < 4.78 is 25.2. The minimum absolute atomic E-state index is 0.0602. The summed E-state index contributed by atoms with van der Waals surface area (Å²) >= 11 is 0. The summed E-state index contributed by atoms with van der Waals surface area (Å²) in [5.74, 6) is 0.0602. The van der Waals surface area contributed by atoms with Crippen molar-refractivity contribution in [3.8, 4) is 0 Å². The molecule has 0 amide bonds. The first-order valence-corrected chi connectivity index (χ1v) is 7.57. The molecule has 1 aromatic rings. The van der Waals surface area contributed by atoms with Crippen molar-refractivity contribution in [2.24, 2.45) is 0 Å². The Balaban J connectivity index is 2.87. The van der Waals surface area contributed by atoms with Gasteiger partial charge in [-0.1, -0.05) is 12.1 Å². The zero-order valence-corrected chi connectivity index (χ0v) is 11.9. The van der Waals surface area contributed by atoms with Crippen LogP contribution in [0.15, 0.2) is 18.2 Å². The maximum absolute atomic E-state index is 11.4. The first kappa shape index (κ1) is 14.8. The van der Waals surface area contributed by atoms with Gasteiger partial charge in [-0.25, -0.2) is 13.1 Å². The average molecular weight is 271 g/mol. The van der Waals surface area contributed by atoms with Gasteiger partial charge in [-0.15, -0.1) is 0 Å². The Morgan fingerprint density at radius 2 is 2.06 bits per heavy atom. The second-order valence-corrected chi connectivity index (χ2v) is 6.16. The second kappa shape index (κ2) is 6.06. The molecule has 0 saturated heterocycles. The summed E-state index contributed by atoms with van der Waals surface area (Å²) in [5.41, 5.74) is 8.63. The molecular weight excluding hydrogens is 250 g/mol. The highest BCUT2D eigenvalue weighted by atomic mass is 32.2. The number of hydrogen-bond donors (Lipinski definition) is 2. The lowest BCUT2D eigenvalue weighted by molar-refractivity contribution is 0.587. The third-order valence-electron chi connectivity index (χ3n) is 2.96. The first-order valence-electron chi connectivity index (χ1n) is 5.92. The van der Waals surface area contributed by atoms with Crippen molar-refractivity contribution in [3.63, 3.8) is 0 Å². The first-order chi connectivity index (χ1) is 8.41. The molecule has 5 nitrogen and oxygen atoms in total. The lowest BCUT2D eigenvalue weighted by Gasteiger charge is -2.25. The van der Waals surface area contributed by atoms with Gasteiger partial charge in [0.2, 0.25) is 10.0 Å². The van der Waals surface area contributed by atoms with E-state index >= 15 is 0 Å². The zero-order chi connectivity index (χ0) is 13.8. The van der Waals surface area contributed by atoms with Crippen molar-refractivity contribution < 1.29 is 8.42 Å². The summed E-state index contributed by atoms with van der Waals surface area (Å²) in [6.07, 6.45) is 0. The number of anilines is 2. The van der Waals surface area contributed by atoms with E-state index in [1.54, 1.807) is 0 Å². The summed E-state index contributed by atoms with van der Waals surface area (Å²) in [6.45, 7) is 5.06. The molecule has 1 rings (SSSR count). The number of aryl methyl sites for hydroxylation is 1. The molecule has 0 fully saturated rings. The van der Waals surface area contributed by atoms with Gasteiger partial charge in [-0.05, 0) is 32.5 Å². The van der Waals surface area contributed by atoms with Crippen LogP contribution in [-0.2, 0) is 10.0 Å². The molecule has 3 N–H and O–H groups in total. The van der Waals surface area contributed by atoms with Crippen LogP contribution in [0.4, 0.5) is 11.4 Å². The van der Waals surface area contributed by atoms with Crippen LogP contribution in [0.3, 0.4) is 0 Å². The number of sulfonamides is 1. The van der Waals surface area contributed by atoms with Gasteiger partial charge in [-0.3, -0.25) is 0 Å². The second-order valence-electron chi connectivity index (χ2n) is 4.11. The van der Waals surface area contributed by atoms with E-state index in [0.29, 0.717) is 18.8 Å². The van der Waals surface area contributed by atoms with Crippen LogP contribution in [0, 0.1) is 6.92 Å². The fourth-order valence-electron chi connectivity index (χ4n) is 1.72. The Labute approximate surface area is 109 Å². The lowest BCUT2D eigenvalue weighted by Crippen LogP contribution is -2.33. The van der Waals surface area contributed by atoms with Crippen molar-refractivity contribution in [1.82, 2.24) is 4.72 Å². The Morgan fingerprint density at radius 3 is 2.61 bits per heavy atom. The van der Waals surface area contributed by atoms with Gasteiger partial charge in [0.1, 0.15) is 0 Å². The summed E-state index contributed by atoms with van der Waals surface area (Å²) in [6, 6.07) is 5.78. The topological polar surface area (TPSA) is 75.4 Å². The molecule has 0 spiro atoms. The zero-order valence-electron chi connectivity index (χ0n) is 11.1. The van der Waals surface area contributed by atoms with Crippen LogP contribution in [0.25, 0.3) is 0 Å². The van der Waals surface area contributed by atoms with Gasteiger partial charge in [0, 0.05) is 13.1 Å². The van der Waals surface area contributed by atoms with Crippen molar-refractivity contribution >= 4 is 21.4 Å². The molecule has 0 aliphatic carbocycles. The number of nitrogens with one attached hydrogen (secondary N) is 1. The molecule has 0 atom stereocenters. The van der Waals surface area contributed by atoms with Gasteiger partial charge in [0.25, 0.3) is 0 Å². The molecule has 0 bridgehead atoms. The monoisotopic (exact) mass is 271 g/mol. The summed E-state index contributed by atoms with van der Waals surface area (Å²) in [4.78, 5) is 1.97. The molecule has 102 valence electrons. The highest BCUT2D eigenvalue weighted by Gasteiger charge is 2.13. The molecule has 0 aliphatic heterocycles. The fraction of sp³-hybridized carbons (Fsp3) is 0.500. The van der Waals surface area contributed by atoms with Crippen molar-refractivity contribution in [2.45, 2.75) is 13.8 Å². The van der Waals surface area contributed by atoms with E-state index in [9.17, 15) is 8.42 Å². The molecule has 0 aliphatic rings. The number of rotatable bonds is 6. The quantitative estimate of drug-likeness (QED) is 0.755. The molecular formula is C12H21N3O2S. The Bertz CT molecular complexity index is 500. The fourth-order valence-corrected chi connectivity index (χ4v) is 2.39. The number of hydrogen-bond acceptors (Lipinski definition) is 4. The van der Waals surface area contributed by atoms with Gasteiger partial charge in [-0.2, -0.15) is 0 Å². The maximum atomic E-state index is 11.4. The number of nitrogen functional groups attached to an aromatic ring is 1. The third-order valence-corrected chi connectivity index (χ3v) is 4.31. The van der Waals surface area contributed by atoms with Crippen molar-refractivity contribution in [2.75, 3.05) is 36.5 Å². The summed E-state index contributed by atoms with van der Waals surface area (Å²) in [7, 11) is -1.76. The summed E-state index contributed by atoms with van der Waals surface area (Å²) in [5, 5.41) is 0. The van der Waals surface area contributed by atoms with Gasteiger partial charge < -0.3 is 10.6 Å². The Hall–Kier alpha value is -1.27. The molecule has 1 aromatic carbocycles. The van der Waals surface area contributed by atoms with Crippen LogP contribution in [-0.4, -0.2) is 34.3 Å². The van der Waals surface area contributed by atoms with Crippen LogP contribution in [0.1, 0.15) is 12.5 Å². The molecule has 18 heavy (non-hydrogen) atoms. The van der Waals surface area contributed by atoms with E-state index in [1.165, 1.54) is 7.05 Å². The molecule has 0 aromatic heterocycles. The van der Waals surface area contributed by atoms with Crippen LogP contribution in [0.5, 0.6) is 0 Å². The van der Waals surface area contributed by atoms with Crippen molar-refractivity contribution in [3.05, 3.63) is 23.8 Å². The van der Waals surface area contributed by atoms with Gasteiger partial charge >= 0.3 is 0 Å². The van der Waals surface area contributed by atoms with E-state index < -0.39 is 10.0 Å². The van der Waals surface area contributed by atoms with E-state index in [2.05, 4.69) is 4.72 Å². The highest BCUT2D eigenvalue weighted by molar-refractivity contribution is 7.89. The Kier molecular flexibility index (Phi) is 4.98. The van der Waals surface area contributed by atoms with Crippen molar-refractivity contribution in [1.29, 1.82) is 0 Å². The lowest BCUT2D eigenvalue weighted by atomic mass is 10.1. The highest BCUT2D eigenvalue weighted by Crippen LogP contribution is 2.25. The van der Waals surface area contributed by atoms with Crippen LogP contribution >= 0.6 is 0 Å². The van der Waals surface area contributed by atoms with E-state index in [0.717, 1.165) is 11.3 Å². The number of benzene rings is 1. The smallest absolute Gasteiger partial charge is 0.213 e. The standard InChI is InChI=1S/C12H21N3O2S/c1-4-15(8-9-18(16,17)14-3)11-7-5-6-10(2)12(11)13/h5-7,14H,4,8-9,13H2,1-3H3. The van der Waals surface area contributed by atoms with E-state index in [4.69, 9.17) is 5.73 Å². The van der Waals surface area contributed by atoms with Gasteiger partial charge in [0.05, 0.1) is 17.1 Å². The Morgan fingerprint density at radius 1 is 1.39 bits per heavy atom. The predicted octanol–water partition coefficient (Wildman–Crippen LogP) is 0.953. The SMILES string of the molecule is CCN(CCS(=O)(=O)NC)c1cccc(C)c1N. The number of nitrogens with zero attached hydrogens (tertiary/aromatic N) is 1. The van der Waals surface area contributed by atoms with Crippen LogP contribution < -0.4 is 15.4 Å². The molecule has 6 heteroatoms. The minimum atomic E-state index is -3.19. The van der Waals surface area contributed by atoms with E-state index in [-0.39, 0.29) is 5.75 Å². The normalized spacial score (nSPS) is 11.5. The number of nitrogens with two attached hydrogens (primary N) is 1. The molecule has 0 heterocycles. The maximum Gasteiger partial charge on any atom is 0.213 e. The molecule has 0 unspecified atom stereocenters. The molecule has 0 radical (unpaired) electrons. The van der Waals surface area contributed by atoms with Crippen LogP contribution in [0.2, 0.25) is 0 Å². The predicted molar refractivity (Wildman–Crippen MR) is 76.3 cm³/mol. The molecule has 0 saturated carbocycles. The largest absolute Gasteiger partial charge is 0.397 e. The third kappa shape index (κ3) is 3.61. The van der Waals surface area contributed by atoms with Gasteiger partial charge in [0.15, 0.2) is 0 Å². The van der Waals surface area contributed by atoms with E-state index in [1.807, 2.05) is 36.9 Å². The minimum Gasteiger partial charge on any atom is -0.397 e. The average Bonchev–Trinajstić information content (AvgIpc) is 2.35.